The molecule has 23 heavy (non-hydrogen) atoms. The molecular weight excluding hydrogens is 295 g/mol. The molecule has 0 aliphatic carbocycles. The van der Waals surface area contributed by atoms with Gasteiger partial charge in [0.05, 0.1) is 6.04 Å². The Balaban J connectivity index is 1.58. The molecule has 5 heteroatoms. The maximum atomic E-state index is 13.1. The van der Waals surface area contributed by atoms with Gasteiger partial charge < -0.3 is 10.5 Å². The molecule has 3 N–H and O–H groups in total. The summed E-state index contributed by atoms with van der Waals surface area (Å²) in [6.45, 7) is 0.322. The number of halogens is 1. The van der Waals surface area contributed by atoms with Crippen molar-refractivity contribution in [3.63, 3.8) is 0 Å². The van der Waals surface area contributed by atoms with Gasteiger partial charge in [-0.3, -0.25) is 10.1 Å². The monoisotopic (exact) mass is 314 g/mol. The molecule has 2 aromatic carbocycles. The van der Waals surface area contributed by atoms with Gasteiger partial charge in [0.25, 0.3) is 0 Å². The molecule has 3 rings (SSSR count). The van der Waals surface area contributed by atoms with Crippen molar-refractivity contribution in [3.8, 4) is 5.75 Å². The van der Waals surface area contributed by atoms with Crippen molar-refractivity contribution in [2.75, 3.05) is 0 Å². The van der Waals surface area contributed by atoms with Crippen molar-refractivity contribution in [1.82, 2.24) is 5.32 Å². The van der Waals surface area contributed by atoms with E-state index in [-0.39, 0.29) is 23.8 Å². The van der Waals surface area contributed by atoms with Crippen LogP contribution in [-0.4, -0.2) is 11.9 Å². The first-order valence-electron chi connectivity index (χ1n) is 7.64. The van der Waals surface area contributed by atoms with Crippen molar-refractivity contribution in [1.29, 1.82) is 0 Å². The van der Waals surface area contributed by atoms with Gasteiger partial charge >= 0.3 is 0 Å². The third-order valence-electron chi connectivity index (χ3n) is 4.07. The number of nitrogens with two attached hydrogens (primary N) is 1. The van der Waals surface area contributed by atoms with E-state index in [1.165, 1.54) is 12.1 Å². The van der Waals surface area contributed by atoms with Crippen molar-refractivity contribution in [2.24, 2.45) is 5.73 Å². The summed E-state index contributed by atoms with van der Waals surface area (Å²) in [4.78, 5) is 11.2. The van der Waals surface area contributed by atoms with Gasteiger partial charge in [-0.15, -0.1) is 0 Å². The summed E-state index contributed by atoms with van der Waals surface area (Å²) < 4.78 is 18.8. The van der Waals surface area contributed by atoms with E-state index in [4.69, 9.17) is 10.5 Å². The Hall–Kier alpha value is -2.40. The Kier molecular flexibility index (Phi) is 4.57. The minimum absolute atomic E-state index is 0.143. The van der Waals surface area contributed by atoms with Crippen LogP contribution in [0.5, 0.6) is 5.75 Å². The molecule has 0 aromatic heterocycles. The van der Waals surface area contributed by atoms with E-state index in [9.17, 15) is 9.18 Å². The number of benzene rings is 2. The third-order valence-corrected chi connectivity index (χ3v) is 4.07. The van der Waals surface area contributed by atoms with Crippen LogP contribution in [0.15, 0.2) is 48.5 Å². The van der Waals surface area contributed by atoms with Gasteiger partial charge in [-0.2, -0.15) is 0 Å². The highest BCUT2D eigenvalue weighted by atomic mass is 19.1. The molecule has 2 aromatic rings. The van der Waals surface area contributed by atoms with E-state index in [2.05, 4.69) is 5.32 Å². The molecule has 1 saturated heterocycles. The molecule has 1 heterocycles. The van der Waals surface area contributed by atoms with Gasteiger partial charge in [0, 0.05) is 6.04 Å². The van der Waals surface area contributed by atoms with E-state index in [1.54, 1.807) is 6.07 Å². The third kappa shape index (κ3) is 3.87. The fraction of sp³-hybridized carbons (Fsp3) is 0.278. The fourth-order valence-corrected chi connectivity index (χ4v) is 2.82. The predicted molar refractivity (Wildman–Crippen MR) is 85.3 cm³/mol. The van der Waals surface area contributed by atoms with E-state index >= 15 is 0 Å². The summed E-state index contributed by atoms with van der Waals surface area (Å²) in [6, 6.07) is 14.0. The second-order valence-corrected chi connectivity index (χ2v) is 5.74. The van der Waals surface area contributed by atoms with E-state index in [1.807, 2.05) is 30.3 Å². The van der Waals surface area contributed by atoms with Gasteiger partial charge in [0.15, 0.2) is 0 Å². The number of carbonyl (C=O) groups excluding carboxylic acids is 1. The Morgan fingerprint density at radius 1 is 1.22 bits per heavy atom. The second kappa shape index (κ2) is 6.79. The molecule has 0 radical (unpaired) electrons. The number of ether oxygens (including phenoxy) is 1. The number of primary amides is 1. The van der Waals surface area contributed by atoms with Crippen LogP contribution in [0.3, 0.4) is 0 Å². The molecule has 2 atom stereocenters. The summed E-state index contributed by atoms with van der Waals surface area (Å²) >= 11 is 0. The van der Waals surface area contributed by atoms with Crippen molar-refractivity contribution in [3.05, 3.63) is 65.5 Å². The van der Waals surface area contributed by atoms with Crippen LogP contribution in [0.1, 0.15) is 30.0 Å². The first-order valence-corrected chi connectivity index (χ1v) is 7.64. The number of nitrogens with one attached hydrogen (secondary N) is 1. The minimum atomic E-state index is -0.303. The van der Waals surface area contributed by atoms with Crippen molar-refractivity contribution >= 4 is 5.91 Å². The maximum Gasteiger partial charge on any atom is 0.234 e. The SMILES string of the molecule is NC(=O)[C@@H]1CC[C@H](c2ccc(OCc3cccc(F)c3)cc2)N1. The molecule has 1 aliphatic heterocycles. The summed E-state index contributed by atoms with van der Waals surface area (Å²) in [7, 11) is 0. The Labute approximate surface area is 134 Å². The molecule has 0 spiro atoms. The first-order chi connectivity index (χ1) is 11.1. The Morgan fingerprint density at radius 2 is 2.00 bits per heavy atom. The Bertz CT molecular complexity index is 688. The van der Waals surface area contributed by atoms with Gasteiger partial charge in [-0.05, 0) is 48.2 Å². The quantitative estimate of drug-likeness (QED) is 0.892. The number of carbonyl (C=O) groups is 1. The number of amides is 1. The molecule has 1 amide bonds. The lowest BCUT2D eigenvalue weighted by atomic mass is 10.1. The van der Waals surface area contributed by atoms with Crippen LogP contribution < -0.4 is 15.8 Å². The first kappa shape index (κ1) is 15.5. The lowest BCUT2D eigenvalue weighted by molar-refractivity contribution is -0.119. The largest absolute Gasteiger partial charge is 0.489 e. The molecule has 4 nitrogen and oxygen atoms in total. The highest BCUT2D eigenvalue weighted by Crippen LogP contribution is 2.27. The molecule has 0 bridgehead atoms. The Morgan fingerprint density at radius 3 is 2.65 bits per heavy atom. The van der Waals surface area contributed by atoms with Crippen LogP contribution in [-0.2, 0) is 11.4 Å². The summed E-state index contributed by atoms with van der Waals surface area (Å²) in [5.74, 6) is 0.155. The summed E-state index contributed by atoms with van der Waals surface area (Å²) in [5.41, 5.74) is 7.21. The smallest absolute Gasteiger partial charge is 0.234 e. The lowest BCUT2D eigenvalue weighted by Crippen LogP contribution is -2.37. The maximum absolute atomic E-state index is 13.1. The average molecular weight is 314 g/mol. The van der Waals surface area contributed by atoms with Gasteiger partial charge in [-0.25, -0.2) is 4.39 Å². The number of rotatable bonds is 5. The van der Waals surface area contributed by atoms with Gasteiger partial charge in [0.2, 0.25) is 5.91 Å². The summed E-state index contributed by atoms with van der Waals surface area (Å²) in [6.07, 6.45) is 1.65. The normalized spacial score (nSPS) is 20.4. The van der Waals surface area contributed by atoms with E-state index in [0.29, 0.717) is 6.61 Å². The molecule has 1 aliphatic rings. The summed E-state index contributed by atoms with van der Waals surface area (Å²) in [5, 5.41) is 3.23. The zero-order chi connectivity index (χ0) is 16.2. The van der Waals surface area contributed by atoms with Gasteiger partial charge in [-0.1, -0.05) is 24.3 Å². The van der Waals surface area contributed by atoms with Crippen LogP contribution in [0.2, 0.25) is 0 Å². The molecule has 0 unspecified atom stereocenters. The molecular formula is C18H19FN2O2. The van der Waals surface area contributed by atoms with Gasteiger partial charge in [0.1, 0.15) is 18.2 Å². The molecule has 1 fully saturated rings. The highest BCUT2D eigenvalue weighted by Gasteiger charge is 2.28. The zero-order valence-corrected chi connectivity index (χ0v) is 12.7. The average Bonchev–Trinajstić information content (AvgIpc) is 3.04. The topological polar surface area (TPSA) is 64.4 Å². The zero-order valence-electron chi connectivity index (χ0n) is 12.7. The van der Waals surface area contributed by atoms with E-state index in [0.717, 1.165) is 29.7 Å². The van der Waals surface area contributed by atoms with Crippen LogP contribution >= 0.6 is 0 Å². The minimum Gasteiger partial charge on any atom is -0.489 e. The predicted octanol–water partition coefficient (Wildman–Crippen LogP) is 2.68. The fourth-order valence-electron chi connectivity index (χ4n) is 2.82. The number of hydrogen-bond acceptors (Lipinski definition) is 3. The number of hydrogen-bond donors (Lipinski definition) is 2. The van der Waals surface area contributed by atoms with Crippen LogP contribution in [0.25, 0.3) is 0 Å². The standard InChI is InChI=1S/C18H19FN2O2/c19-14-3-1-2-12(10-14)11-23-15-6-4-13(5-7-15)16-8-9-17(21-16)18(20)22/h1-7,10,16-17,21H,8-9,11H2,(H2,20,22)/t16-,17+/m1/s1. The van der Waals surface area contributed by atoms with Crippen molar-refractivity contribution in [2.45, 2.75) is 31.5 Å². The van der Waals surface area contributed by atoms with Crippen LogP contribution in [0.4, 0.5) is 4.39 Å². The van der Waals surface area contributed by atoms with Crippen LogP contribution in [0, 0.1) is 5.82 Å². The molecule has 120 valence electrons. The second-order valence-electron chi connectivity index (χ2n) is 5.74. The molecule has 0 saturated carbocycles. The van der Waals surface area contributed by atoms with E-state index < -0.39 is 0 Å². The highest BCUT2D eigenvalue weighted by molar-refractivity contribution is 5.80. The van der Waals surface area contributed by atoms with Crippen molar-refractivity contribution < 1.29 is 13.9 Å². The lowest BCUT2D eigenvalue weighted by Gasteiger charge is -2.13.